The molecule has 0 aliphatic carbocycles. The number of hydrogen-bond acceptors (Lipinski definition) is 2. The summed E-state index contributed by atoms with van der Waals surface area (Å²) in [7, 11) is 2.26. The molecule has 0 aliphatic heterocycles. The first-order chi connectivity index (χ1) is 10.5. The number of nitrogens with zero attached hydrogens (tertiary/aromatic N) is 1. The molecule has 1 heterocycles. The van der Waals surface area contributed by atoms with Crippen molar-refractivity contribution in [3.63, 3.8) is 0 Å². The summed E-state index contributed by atoms with van der Waals surface area (Å²) in [5.74, 6) is 0. The molecule has 3 rings (SSSR count). The maximum Gasteiger partial charge on any atom is 0.151 e. The Labute approximate surface area is 136 Å². The molecule has 1 N–H and O–H groups in total. The van der Waals surface area contributed by atoms with Crippen LogP contribution in [0.4, 0.5) is 0 Å². The first kappa shape index (κ1) is 15.2. The van der Waals surface area contributed by atoms with Gasteiger partial charge in [-0.3, -0.25) is 0 Å². The molecule has 0 saturated heterocycles. The number of thiazole rings is 1. The number of aryl methyl sites for hydroxylation is 2. The highest BCUT2D eigenvalue weighted by Gasteiger charge is 2.20. The van der Waals surface area contributed by atoms with E-state index < -0.39 is 0 Å². The van der Waals surface area contributed by atoms with Crippen molar-refractivity contribution in [1.29, 1.82) is 0 Å². The van der Waals surface area contributed by atoms with Crippen molar-refractivity contribution >= 4 is 21.6 Å². The van der Waals surface area contributed by atoms with Crippen LogP contribution in [0.15, 0.2) is 42.5 Å². The summed E-state index contributed by atoms with van der Waals surface area (Å²) in [5.41, 5.74) is 5.21. The zero-order valence-corrected chi connectivity index (χ0v) is 14.5. The van der Waals surface area contributed by atoms with Crippen LogP contribution in [0.3, 0.4) is 0 Å². The summed E-state index contributed by atoms with van der Waals surface area (Å²) in [6, 6.07) is 15.6. The highest BCUT2D eigenvalue weighted by molar-refractivity contribution is 7.18. The van der Waals surface area contributed by atoms with E-state index in [0.717, 1.165) is 12.1 Å². The van der Waals surface area contributed by atoms with Crippen molar-refractivity contribution in [3.05, 3.63) is 64.2 Å². The van der Waals surface area contributed by atoms with Crippen molar-refractivity contribution < 1.29 is 4.90 Å². The average molecular weight is 311 g/mol. The number of benzene rings is 2. The Hall–Kier alpha value is -1.71. The van der Waals surface area contributed by atoms with Gasteiger partial charge in [-0.1, -0.05) is 41.5 Å². The zero-order valence-electron chi connectivity index (χ0n) is 13.7. The number of quaternary nitrogens is 1. The van der Waals surface area contributed by atoms with E-state index in [-0.39, 0.29) is 0 Å². The number of para-hydroxylation sites is 1. The average Bonchev–Trinajstić information content (AvgIpc) is 2.89. The minimum atomic E-state index is 0.401. The van der Waals surface area contributed by atoms with Crippen LogP contribution in [0.2, 0.25) is 0 Å². The minimum absolute atomic E-state index is 0.401. The minimum Gasteiger partial charge on any atom is -0.326 e. The third kappa shape index (κ3) is 3.21. The standard InChI is InChI=1S/C19H22N2S/c1-13-9-14(2)11-16(10-13)12-21(4)15(3)19-20-17-7-5-6-8-18(17)22-19/h5-11,15H,12H2,1-4H3/p+1/t15-/m1/s1. The van der Waals surface area contributed by atoms with Crippen LogP contribution in [-0.2, 0) is 6.54 Å². The molecular formula is C19H23N2S+. The van der Waals surface area contributed by atoms with E-state index in [1.54, 1.807) is 0 Å². The van der Waals surface area contributed by atoms with Crippen LogP contribution < -0.4 is 4.90 Å². The van der Waals surface area contributed by atoms with E-state index in [2.05, 4.69) is 70.3 Å². The zero-order chi connectivity index (χ0) is 15.7. The predicted octanol–water partition coefficient (Wildman–Crippen LogP) is 3.69. The fraction of sp³-hybridized carbons (Fsp3) is 0.316. The molecule has 0 aliphatic rings. The van der Waals surface area contributed by atoms with Gasteiger partial charge in [-0.05, 0) is 32.9 Å². The molecule has 1 aromatic heterocycles. The Morgan fingerprint density at radius 3 is 2.45 bits per heavy atom. The van der Waals surface area contributed by atoms with Crippen LogP contribution in [0.25, 0.3) is 10.2 Å². The summed E-state index contributed by atoms with van der Waals surface area (Å²) >= 11 is 1.82. The molecule has 0 amide bonds. The molecule has 2 aromatic carbocycles. The number of rotatable bonds is 4. The van der Waals surface area contributed by atoms with Crippen molar-refractivity contribution in [2.75, 3.05) is 7.05 Å². The van der Waals surface area contributed by atoms with E-state index in [1.807, 2.05) is 11.3 Å². The Morgan fingerprint density at radius 1 is 1.09 bits per heavy atom. The van der Waals surface area contributed by atoms with Gasteiger partial charge in [-0.15, -0.1) is 11.3 Å². The number of nitrogens with one attached hydrogen (secondary N) is 1. The Balaban J connectivity index is 1.80. The molecule has 0 bridgehead atoms. The molecule has 2 atom stereocenters. The fourth-order valence-electron chi connectivity index (χ4n) is 2.93. The molecule has 0 spiro atoms. The SMILES string of the molecule is Cc1cc(C)cc(C[NH+](C)[C@H](C)c2nc3ccccc3s2)c1. The summed E-state index contributed by atoms with van der Waals surface area (Å²) in [6.45, 7) is 7.64. The van der Waals surface area contributed by atoms with E-state index in [9.17, 15) is 0 Å². The van der Waals surface area contributed by atoms with Gasteiger partial charge in [0.25, 0.3) is 0 Å². The fourth-order valence-corrected chi connectivity index (χ4v) is 4.04. The van der Waals surface area contributed by atoms with Crippen molar-refractivity contribution in [2.24, 2.45) is 0 Å². The highest BCUT2D eigenvalue weighted by atomic mass is 32.1. The van der Waals surface area contributed by atoms with E-state index >= 15 is 0 Å². The summed E-state index contributed by atoms with van der Waals surface area (Å²) < 4.78 is 1.28. The summed E-state index contributed by atoms with van der Waals surface area (Å²) in [6.07, 6.45) is 0. The topological polar surface area (TPSA) is 17.3 Å². The summed E-state index contributed by atoms with van der Waals surface area (Å²) in [5, 5.41) is 1.23. The van der Waals surface area contributed by atoms with Crippen LogP contribution in [0.1, 0.15) is 34.7 Å². The van der Waals surface area contributed by atoms with Gasteiger partial charge < -0.3 is 4.90 Å². The number of fused-ring (bicyclic) bond motifs is 1. The molecule has 2 nitrogen and oxygen atoms in total. The maximum absolute atomic E-state index is 4.81. The smallest absolute Gasteiger partial charge is 0.151 e. The lowest BCUT2D eigenvalue weighted by Gasteiger charge is -2.20. The number of hydrogen-bond donors (Lipinski definition) is 1. The van der Waals surface area contributed by atoms with Gasteiger partial charge in [-0.2, -0.15) is 0 Å². The Bertz CT molecular complexity index is 738. The highest BCUT2D eigenvalue weighted by Crippen LogP contribution is 2.24. The normalized spacial score (nSPS) is 14.2. The van der Waals surface area contributed by atoms with Crippen LogP contribution in [-0.4, -0.2) is 12.0 Å². The van der Waals surface area contributed by atoms with Gasteiger partial charge in [0.2, 0.25) is 0 Å². The Kier molecular flexibility index (Phi) is 4.27. The second kappa shape index (κ2) is 6.19. The van der Waals surface area contributed by atoms with E-state index in [4.69, 9.17) is 4.98 Å². The first-order valence-corrected chi connectivity index (χ1v) is 8.59. The van der Waals surface area contributed by atoms with Gasteiger partial charge in [-0.25, -0.2) is 4.98 Å². The number of aromatic nitrogens is 1. The third-order valence-electron chi connectivity index (χ3n) is 4.18. The van der Waals surface area contributed by atoms with Crippen molar-refractivity contribution in [1.82, 2.24) is 4.98 Å². The van der Waals surface area contributed by atoms with Gasteiger partial charge in [0.15, 0.2) is 5.01 Å². The Morgan fingerprint density at radius 2 is 1.77 bits per heavy atom. The van der Waals surface area contributed by atoms with Gasteiger partial charge >= 0.3 is 0 Å². The van der Waals surface area contributed by atoms with Crippen LogP contribution in [0, 0.1) is 13.8 Å². The molecular weight excluding hydrogens is 288 g/mol. The van der Waals surface area contributed by atoms with E-state index in [1.165, 1.54) is 31.3 Å². The van der Waals surface area contributed by atoms with Gasteiger partial charge in [0, 0.05) is 5.56 Å². The molecule has 0 saturated carbocycles. The summed E-state index contributed by atoms with van der Waals surface area (Å²) in [4.78, 5) is 6.28. The molecule has 3 heteroatoms. The molecule has 0 radical (unpaired) electrons. The van der Waals surface area contributed by atoms with Gasteiger partial charge in [0.1, 0.15) is 12.6 Å². The first-order valence-electron chi connectivity index (χ1n) is 7.78. The molecule has 3 aromatic rings. The lowest BCUT2D eigenvalue weighted by atomic mass is 10.1. The van der Waals surface area contributed by atoms with E-state index in [0.29, 0.717) is 6.04 Å². The molecule has 22 heavy (non-hydrogen) atoms. The quantitative estimate of drug-likeness (QED) is 0.778. The maximum atomic E-state index is 4.81. The molecule has 0 fully saturated rings. The second-order valence-corrected chi connectivity index (χ2v) is 7.32. The molecule has 1 unspecified atom stereocenters. The van der Waals surface area contributed by atoms with Crippen LogP contribution >= 0.6 is 11.3 Å². The third-order valence-corrected chi connectivity index (χ3v) is 5.40. The largest absolute Gasteiger partial charge is 0.326 e. The molecule has 114 valence electrons. The predicted molar refractivity (Wildman–Crippen MR) is 94.5 cm³/mol. The lowest BCUT2D eigenvalue weighted by molar-refractivity contribution is -0.923. The van der Waals surface area contributed by atoms with Gasteiger partial charge in [0.05, 0.1) is 17.3 Å². The monoisotopic (exact) mass is 311 g/mol. The van der Waals surface area contributed by atoms with Crippen molar-refractivity contribution in [3.8, 4) is 0 Å². The lowest BCUT2D eigenvalue weighted by Crippen LogP contribution is -3.07. The van der Waals surface area contributed by atoms with Crippen molar-refractivity contribution in [2.45, 2.75) is 33.4 Å². The van der Waals surface area contributed by atoms with Crippen LogP contribution in [0.5, 0.6) is 0 Å². The second-order valence-electron chi connectivity index (χ2n) is 6.26.